The molecule has 1 fully saturated rings. The van der Waals surface area contributed by atoms with Crippen LogP contribution in [0.15, 0.2) is 18.2 Å². The van der Waals surface area contributed by atoms with Crippen LogP contribution in [-0.4, -0.2) is 36.6 Å². The highest BCUT2D eigenvalue weighted by molar-refractivity contribution is 5.87. The topological polar surface area (TPSA) is 82.4 Å². The van der Waals surface area contributed by atoms with Crippen LogP contribution < -0.4 is 5.32 Å². The Kier molecular flexibility index (Phi) is 4.45. The number of ether oxygens (including phenoxy) is 1. The van der Waals surface area contributed by atoms with E-state index in [4.69, 9.17) is 5.26 Å². The number of methoxy groups -OCH3 is 1. The predicted molar refractivity (Wildman–Crippen MR) is 70.9 cm³/mol. The minimum absolute atomic E-state index is 0.0217. The number of carbonyl (C=O) groups excluding carboxylic acids is 2. The number of alkyl halides is 3. The Hall–Kier alpha value is -2.76. The maximum Gasteiger partial charge on any atom is 0.417 e. The van der Waals surface area contributed by atoms with Gasteiger partial charge in [-0.2, -0.15) is 18.4 Å². The predicted octanol–water partition coefficient (Wildman–Crippen LogP) is 1.64. The molecule has 1 aromatic carbocycles. The molecule has 2 rings (SSSR count). The zero-order valence-electron chi connectivity index (χ0n) is 12.0. The van der Waals surface area contributed by atoms with Crippen LogP contribution in [0.5, 0.6) is 0 Å². The van der Waals surface area contributed by atoms with Crippen LogP contribution in [0.4, 0.5) is 18.0 Å². The number of nitrogens with one attached hydrogen (secondary N) is 1. The summed E-state index contributed by atoms with van der Waals surface area (Å²) in [6.07, 6.45) is -4.68. The summed E-state index contributed by atoms with van der Waals surface area (Å²) >= 11 is 0. The van der Waals surface area contributed by atoms with Crippen LogP contribution in [0.2, 0.25) is 0 Å². The average Bonchev–Trinajstić information content (AvgIpc) is 2.86. The van der Waals surface area contributed by atoms with E-state index in [1.54, 1.807) is 0 Å². The molecule has 0 saturated carbocycles. The van der Waals surface area contributed by atoms with Gasteiger partial charge in [0.1, 0.15) is 6.04 Å². The molecule has 0 aliphatic carbocycles. The van der Waals surface area contributed by atoms with Gasteiger partial charge in [0.05, 0.1) is 30.9 Å². The fourth-order valence-corrected chi connectivity index (χ4v) is 2.28. The molecule has 0 radical (unpaired) electrons. The van der Waals surface area contributed by atoms with E-state index in [9.17, 15) is 22.8 Å². The van der Waals surface area contributed by atoms with Crippen LogP contribution in [-0.2, 0) is 22.3 Å². The zero-order chi connectivity index (χ0) is 17.2. The number of benzene rings is 1. The third-order valence-corrected chi connectivity index (χ3v) is 3.42. The fraction of sp³-hybridized carbons (Fsp3) is 0.357. The number of nitrogens with zero attached hydrogens (tertiary/aromatic N) is 2. The second-order valence-corrected chi connectivity index (χ2v) is 4.84. The molecule has 1 aliphatic rings. The highest BCUT2D eigenvalue weighted by Crippen LogP contribution is 2.32. The number of amides is 2. The van der Waals surface area contributed by atoms with Gasteiger partial charge in [-0.3, -0.25) is 0 Å². The molecule has 9 heteroatoms. The fourth-order valence-electron chi connectivity index (χ4n) is 2.28. The SMILES string of the molecule is COC(=O)C1CNC(=O)N1Cc1ccc(C#N)c(C(F)(F)F)c1. The average molecular weight is 327 g/mol. The maximum absolute atomic E-state index is 12.9. The molecular weight excluding hydrogens is 315 g/mol. The van der Waals surface area contributed by atoms with E-state index in [2.05, 4.69) is 10.1 Å². The molecule has 1 N–H and O–H groups in total. The molecule has 6 nitrogen and oxygen atoms in total. The summed E-state index contributed by atoms with van der Waals surface area (Å²) in [6, 6.07) is 3.16. The van der Waals surface area contributed by atoms with E-state index in [-0.39, 0.29) is 18.7 Å². The third-order valence-electron chi connectivity index (χ3n) is 3.42. The Morgan fingerprint density at radius 2 is 2.22 bits per heavy atom. The van der Waals surface area contributed by atoms with Crippen LogP contribution in [0.25, 0.3) is 0 Å². The number of hydrogen-bond donors (Lipinski definition) is 1. The molecule has 1 aromatic rings. The quantitative estimate of drug-likeness (QED) is 0.856. The van der Waals surface area contributed by atoms with Crippen molar-refractivity contribution in [1.29, 1.82) is 5.26 Å². The molecule has 0 spiro atoms. The molecule has 1 unspecified atom stereocenters. The van der Waals surface area contributed by atoms with Gasteiger partial charge in [-0.15, -0.1) is 0 Å². The number of nitriles is 1. The van der Waals surface area contributed by atoms with Crippen LogP contribution >= 0.6 is 0 Å². The summed E-state index contributed by atoms with van der Waals surface area (Å²) in [5, 5.41) is 11.2. The van der Waals surface area contributed by atoms with Crippen molar-refractivity contribution in [3.8, 4) is 6.07 Å². The zero-order valence-corrected chi connectivity index (χ0v) is 12.0. The summed E-state index contributed by atoms with van der Waals surface area (Å²) in [4.78, 5) is 24.4. The molecule has 1 atom stereocenters. The smallest absolute Gasteiger partial charge is 0.417 e. The highest BCUT2D eigenvalue weighted by atomic mass is 19.4. The molecular formula is C14H12F3N3O3. The Morgan fingerprint density at radius 3 is 2.78 bits per heavy atom. The second-order valence-electron chi connectivity index (χ2n) is 4.84. The number of halogens is 3. The summed E-state index contributed by atoms with van der Waals surface area (Å²) < 4.78 is 43.4. The molecule has 1 aliphatic heterocycles. The van der Waals surface area contributed by atoms with Crippen molar-refractivity contribution in [3.63, 3.8) is 0 Å². The van der Waals surface area contributed by atoms with Gasteiger partial charge < -0.3 is 15.0 Å². The number of esters is 1. The van der Waals surface area contributed by atoms with E-state index < -0.39 is 35.3 Å². The monoisotopic (exact) mass is 327 g/mol. The number of urea groups is 1. The highest BCUT2D eigenvalue weighted by Gasteiger charge is 2.38. The molecule has 1 saturated heterocycles. The Balaban J connectivity index is 2.31. The van der Waals surface area contributed by atoms with Crippen molar-refractivity contribution >= 4 is 12.0 Å². The molecule has 122 valence electrons. The van der Waals surface area contributed by atoms with Crippen molar-refractivity contribution in [2.24, 2.45) is 0 Å². The molecule has 23 heavy (non-hydrogen) atoms. The standard InChI is InChI=1S/C14H12F3N3O3/c1-23-12(21)11-6-19-13(22)20(11)7-8-2-3-9(5-18)10(4-8)14(15,16)17/h2-4,11H,6-7H2,1H3,(H,19,22). The summed E-state index contributed by atoms with van der Waals surface area (Å²) in [6.45, 7) is -0.186. The van der Waals surface area contributed by atoms with Crippen molar-refractivity contribution in [1.82, 2.24) is 10.2 Å². The van der Waals surface area contributed by atoms with Crippen molar-refractivity contribution in [2.75, 3.05) is 13.7 Å². The largest absolute Gasteiger partial charge is 0.467 e. The number of carbonyl (C=O) groups is 2. The van der Waals surface area contributed by atoms with Crippen LogP contribution in [0.3, 0.4) is 0 Å². The lowest BCUT2D eigenvalue weighted by molar-refractivity contribution is -0.145. The maximum atomic E-state index is 12.9. The van der Waals surface area contributed by atoms with Crippen molar-refractivity contribution in [3.05, 3.63) is 34.9 Å². The van der Waals surface area contributed by atoms with E-state index in [0.29, 0.717) is 0 Å². The lowest BCUT2D eigenvalue weighted by Gasteiger charge is -2.21. The van der Waals surface area contributed by atoms with E-state index >= 15 is 0 Å². The summed E-state index contributed by atoms with van der Waals surface area (Å²) in [7, 11) is 1.16. The van der Waals surface area contributed by atoms with Crippen molar-refractivity contribution in [2.45, 2.75) is 18.8 Å². The minimum Gasteiger partial charge on any atom is -0.467 e. The summed E-state index contributed by atoms with van der Waals surface area (Å²) in [5.74, 6) is -0.659. The normalized spacial score (nSPS) is 17.6. The van der Waals surface area contributed by atoms with Gasteiger partial charge in [0.2, 0.25) is 0 Å². The van der Waals surface area contributed by atoms with E-state index in [1.165, 1.54) is 12.1 Å². The van der Waals surface area contributed by atoms with Gasteiger partial charge >= 0.3 is 18.2 Å². The van der Waals surface area contributed by atoms with Gasteiger partial charge in [0.25, 0.3) is 0 Å². The van der Waals surface area contributed by atoms with Gasteiger partial charge in [0.15, 0.2) is 0 Å². The molecule has 1 heterocycles. The van der Waals surface area contributed by atoms with Crippen LogP contribution in [0.1, 0.15) is 16.7 Å². The minimum atomic E-state index is -4.68. The second kappa shape index (κ2) is 6.16. The van der Waals surface area contributed by atoms with Gasteiger partial charge in [-0.25, -0.2) is 9.59 Å². The first-order valence-electron chi connectivity index (χ1n) is 6.50. The van der Waals surface area contributed by atoms with Gasteiger partial charge in [-0.05, 0) is 17.7 Å². The molecule has 2 amide bonds. The number of hydrogen-bond acceptors (Lipinski definition) is 4. The van der Waals surface area contributed by atoms with Gasteiger partial charge in [-0.1, -0.05) is 6.07 Å². The van der Waals surface area contributed by atoms with Crippen LogP contribution in [0, 0.1) is 11.3 Å². The molecule has 0 aromatic heterocycles. The Labute approximate surface area is 129 Å². The Morgan fingerprint density at radius 1 is 1.52 bits per heavy atom. The number of rotatable bonds is 3. The van der Waals surface area contributed by atoms with E-state index in [1.807, 2.05) is 0 Å². The first kappa shape index (κ1) is 16.6. The Bertz CT molecular complexity index is 682. The first-order valence-corrected chi connectivity index (χ1v) is 6.50. The molecule has 0 bridgehead atoms. The van der Waals surface area contributed by atoms with Crippen molar-refractivity contribution < 1.29 is 27.5 Å². The third kappa shape index (κ3) is 3.36. The lowest BCUT2D eigenvalue weighted by Crippen LogP contribution is -2.39. The first-order chi connectivity index (χ1) is 10.8. The van der Waals surface area contributed by atoms with Gasteiger partial charge in [0, 0.05) is 6.54 Å². The lowest BCUT2D eigenvalue weighted by atomic mass is 10.0. The van der Waals surface area contributed by atoms with E-state index in [0.717, 1.165) is 24.1 Å². The summed E-state index contributed by atoms with van der Waals surface area (Å²) in [5.41, 5.74) is -1.43.